The van der Waals surface area contributed by atoms with Crippen molar-refractivity contribution in [3.8, 4) is 0 Å². The third kappa shape index (κ3) is 2.53. The normalized spacial score (nSPS) is 20.9. The lowest BCUT2D eigenvalue weighted by molar-refractivity contribution is 1.21. The monoisotopic (exact) mass is 246 g/mol. The van der Waals surface area contributed by atoms with E-state index in [1.807, 2.05) is 0 Å². The third-order valence-electron chi connectivity index (χ3n) is 3.76. The van der Waals surface area contributed by atoms with Crippen molar-refractivity contribution in [3.63, 3.8) is 0 Å². The van der Waals surface area contributed by atoms with Gasteiger partial charge in [0.1, 0.15) is 0 Å². The van der Waals surface area contributed by atoms with Crippen molar-refractivity contribution in [2.75, 3.05) is 0 Å². The summed E-state index contributed by atoms with van der Waals surface area (Å²) < 4.78 is 0. The second-order valence-electron chi connectivity index (χ2n) is 5.35. The predicted molar refractivity (Wildman–Crippen MR) is 82.7 cm³/mol. The summed E-state index contributed by atoms with van der Waals surface area (Å²) in [5, 5.41) is 0. The highest BCUT2D eigenvalue weighted by molar-refractivity contribution is 5.73. The Hall–Kier alpha value is -2.08. The van der Waals surface area contributed by atoms with Gasteiger partial charge in [-0.3, -0.25) is 0 Å². The van der Waals surface area contributed by atoms with Gasteiger partial charge in [0.15, 0.2) is 0 Å². The first-order valence-corrected chi connectivity index (χ1v) is 6.73. The van der Waals surface area contributed by atoms with Gasteiger partial charge in [-0.2, -0.15) is 0 Å². The lowest BCUT2D eigenvalue weighted by Gasteiger charge is -2.04. The molecule has 0 radical (unpaired) electrons. The fraction of sp³-hybridized carbons (Fsp3) is 0.158. The van der Waals surface area contributed by atoms with Gasteiger partial charge in [0.25, 0.3) is 0 Å². The molecule has 0 aliphatic heterocycles. The van der Waals surface area contributed by atoms with Crippen LogP contribution >= 0.6 is 0 Å². The van der Waals surface area contributed by atoms with Crippen molar-refractivity contribution in [1.82, 2.24) is 0 Å². The molecule has 0 saturated heterocycles. The Morgan fingerprint density at radius 3 is 2.37 bits per heavy atom. The Balaban J connectivity index is 1.74. The van der Waals surface area contributed by atoms with Crippen molar-refractivity contribution in [1.29, 1.82) is 0 Å². The Bertz CT molecular complexity index is 621. The number of hydrogen-bond acceptors (Lipinski definition) is 0. The molecule has 19 heavy (non-hydrogen) atoms. The minimum atomic E-state index is 0.970. The largest absolute Gasteiger partial charge is 0.0992 e. The highest BCUT2D eigenvalue weighted by Gasteiger charge is 2.16. The summed E-state index contributed by atoms with van der Waals surface area (Å²) in [5.74, 6) is 0. The molecule has 0 aromatic heterocycles. The van der Waals surface area contributed by atoms with Crippen molar-refractivity contribution >= 4 is 5.57 Å². The van der Waals surface area contributed by atoms with E-state index in [2.05, 4.69) is 61.7 Å². The first-order valence-electron chi connectivity index (χ1n) is 6.73. The van der Waals surface area contributed by atoms with Gasteiger partial charge < -0.3 is 0 Å². The molecule has 0 N–H and O–H groups in total. The van der Waals surface area contributed by atoms with Crippen molar-refractivity contribution in [2.24, 2.45) is 0 Å². The fourth-order valence-corrected chi connectivity index (χ4v) is 2.74. The third-order valence-corrected chi connectivity index (χ3v) is 3.76. The van der Waals surface area contributed by atoms with E-state index < -0.39 is 0 Å². The molecule has 2 aliphatic carbocycles. The first kappa shape index (κ1) is 12.0. The zero-order chi connectivity index (χ0) is 13.2. The fourth-order valence-electron chi connectivity index (χ4n) is 2.74. The zero-order valence-electron chi connectivity index (χ0n) is 11.2. The molecule has 94 valence electrons. The van der Waals surface area contributed by atoms with Crippen LogP contribution in [0.4, 0.5) is 0 Å². The van der Waals surface area contributed by atoms with Gasteiger partial charge in [-0.25, -0.2) is 0 Å². The van der Waals surface area contributed by atoms with Crippen LogP contribution in [-0.4, -0.2) is 0 Å². The SMILES string of the molecule is C=C1CC(=C)C(=CC2=CC=C(c3ccccc3)C2)C1. The molecule has 0 atom stereocenters. The van der Waals surface area contributed by atoms with Crippen molar-refractivity contribution < 1.29 is 0 Å². The number of allylic oxidation sites excluding steroid dienone is 8. The molecule has 0 nitrogen and oxygen atoms in total. The summed E-state index contributed by atoms with van der Waals surface area (Å²) in [6, 6.07) is 10.6. The van der Waals surface area contributed by atoms with Crippen LogP contribution in [0.2, 0.25) is 0 Å². The molecular formula is C19H18. The Morgan fingerprint density at radius 2 is 1.68 bits per heavy atom. The van der Waals surface area contributed by atoms with Crippen LogP contribution < -0.4 is 0 Å². The van der Waals surface area contributed by atoms with Crippen LogP contribution in [0.25, 0.3) is 5.57 Å². The van der Waals surface area contributed by atoms with Crippen molar-refractivity contribution in [2.45, 2.75) is 19.3 Å². The molecule has 0 amide bonds. The summed E-state index contributed by atoms with van der Waals surface area (Å²) in [6.45, 7) is 8.19. The number of hydrogen-bond donors (Lipinski definition) is 0. The smallest absolute Gasteiger partial charge is 0.00197 e. The molecule has 3 rings (SSSR count). The van der Waals surface area contributed by atoms with Crippen LogP contribution in [0.3, 0.4) is 0 Å². The highest BCUT2D eigenvalue weighted by Crippen LogP contribution is 2.36. The average molecular weight is 246 g/mol. The van der Waals surface area contributed by atoms with Crippen LogP contribution in [0, 0.1) is 0 Å². The summed E-state index contributed by atoms with van der Waals surface area (Å²) in [5.41, 5.74) is 7.98. The van der Waals surface area contributed by atoms with E-state index in [0.29, 0.717) is 0 Å². The summed E-state index contributed by atoms with van der Waals surface area (Å²) in [6.07, 6.45) is 9.74. The Morgan fingerprint density at radius 1 is 0.895 bits per heavy atom. The maximum atomic E-state index is 4.13. The molecule has 0 unspecified atom stereocenters. The van der Waals surface area contributed by atoms with Gasteiger partial charge in [-0.15, -0.1) is 0 Å². The summed E-state index contributed by atoms with van der Waals surface area (Å²) in [4.78, 5) is 0. The molecule has 2 aliphatic rings. The predicted octanol–water partition coefficient (Wildman–Crippen LogP) is 5.23. The van der Waals surface area contributed by atoms with Crippen LogP contribution in [0.1, 0.15) is 24.8 Å². The number of benzene rings is 1. The molecule has 0 heteroatoms. The second-order valence-corrected chi connectivity index (χ2v) is 5.35. The van der Waals surface area contributed by atoms with Crippen molar-refractivity contribution in [3.05, 3.63) is 89.6 Å². The summed E-state index contributed by atoms with van der Waals surface area (Å²) in [7, 11) is 0. The van der Waals surface area contributed by atoms with Gasteiger partial charge >= 0.3 is 0 Å². The van der Waals surface area contributed by atoms with Gasteiger partial charge in [0.2, 0.25) is 0 Å². The van der Waals surface area contributed by atoms with Gasteiger partial charge in [-0.05, 0) is 47.1 Å². The second kappa shape index (κ2) is 4.89. The van der Waals surface area contributed by atoms with E-state index in [1.165, 1.54) is 33.4 Å². The van der Waals surface area contributed by atoms with Gasteiger partial charge in [0.05, 0.1) is 0 Å². The summed E-state index contributed by atoms with van der Waals surface area (Å²) >= 11 is 0. The van der Waals surface area contributed by atoms with Gasteiger partial charge in [0, 0.05) is 0 Å². The Kier molecular flexibility index (Phi) is 3.08. The molecule has 0 bridgehead atoms. The topological polar surface area (TPSA) is 0 Å². The van der Waals surface area contributed by atoms with E-state index in [4.69, 9.17) is 0 Å². The van der Waals surface area contributed by atoms with E-state index >= 15 is 0 Å². The standard InChI is InChI=1S/C19H18/c1-14-10-15(2)19(11-14)13-16-8-9-18(12-16)17-6-4-3-5-7-17/h3-9,13H,1-2,10-12H2. The van der Waals surface area contributed by atoms with E-state index in [9.17, 15) is 0 Å². The van der Waals surface area contributed by atoms with Crippen LogP contribution in [-0.2, 0) is 0 Å². The van der Waals surface area contributed by atoms with E-state index in [1.54, 1.807) is 0 Å². The lowest BCUT2D eigenvalue weighted by atomic mass is 10.0. The first-order chi connectivity index (χ1) is 9.22. The maximum absolute atomic E-state index is 4.13. The quantitative estimate of drug-likeness (QED) is 0.626. The van der Waals surface area contributed by atoms with Crippen LogP contribution in [0.5, 0.6) is 0 Å². The maximum Gasteiger partial charge on any atom is -0.00197 e. The van der Waals surface area contributed by atoms with E-state index in [0.717, 1.165) is 19.3 Å². The zero-order valence-corrected chi connectivity index (χ0v) is 11.2. The Labute approximate surface area is 115 Å². The average Bonchev–Trinajstić information content (AvgIpc) is 2.99. The molecule has 0 spiro atoms. The molecule has 1 saturated carbocycles. The minimum absolute atomic E-state index is 0.970. The molecule has 1 aromatic carbocycles. The number of rotatable bonds is 2. The van der Waals surface area contributed by atoms with Crippen LogP contribution in [0.15, 0.2) is 84.0 Å². The van der Waals surface area contributed by atoms with Gasteiger partial charge in [-0.1, -0.05) is 67.3 Å². The molecule has 0 heterocycles. The highest BCUT2D eigenvalue weighted by atomic mass is 14.2. The molecule has 1 aromatic rings. The van der Waals surface area contributed by atoms with E-state index in [-0.39, 0.29) is 0 Å². The molecular weight excluding hydrogens is 228 g/mol. The minimum Gasteiger partial charge on any atom is -0.0992 e. The lowest BCUT2D eigenvalue weighted by Crippen LogP contribution is -1.84. The molecule has 1 fully saturated rings.